The van der Waals surface area contributed by atoms with Crippen LogP contribution in [0.2, 0.25) is 0 Å². The highest BCUT2D eigenvalue weighted by Crippen LogP contribution is 2.24. The minimum Gasteiger partial charge on any atom is -0.444 e. The van der Waals surface area contributed by atoms with Crippen molar-refractivity contribution in [2.75, 3.05) is 0 Å². The van der Waals surface area contributed by atoms with Crippen LogP contribution in [-0.2, 0) is 16.1 Å². The van der Waals surface area contributed by atoms with E-state index in [1.165, 1.54) is 18.3 Å². The number of hydroxylamine groups is 2. The first kappa shape index (κ1) is 19.5. The number of hydrogen-bond donors (Lipinski definition) is 1. The van der Waals surface area contributed by atoms with E-state index < -0.39 is 29.5 Å². The quantitative estimate of drug-likeness (QED) is 0.780. The molecule has 0 saturated heterocycles. The van der Waals surface area contributed by atoms with Crippen molar-refractivity contribution in [2.45, 2.75) is 32.9 Å². The van der Waals surface area contributed by atoms with Crippen LogP contribution in [0.5, 0.6) is 0 Å². The second-order valence-electron chi connectivity index (χ2n) is 6.80. The number of nitrogens with zero attached hydrogens (tertiary/aromatic N) is 2. The summed E-state index contributed by atoms with van der Waals surface area (Å²) in [6.45, 7) is 5.27. The third-order valence-corrected chi connectivity index (χ3v) is 4.45. The molecule has 1 aromatic heterocycles. The number of alkyl carbamates (subject to hydrolysis) is 1. The topological polar surface area (TPSA) is 115 Å². The van der Waals surface area contributed by atoms with Gasteiger partial charge in [-0.3, -0.25) is 9.59 Å². The number of rotatable bonds is 4. The van der Waals surface area contributed by atoms with Gasteiger partial charge in [-0.15, -0.1) is 11.3 Å². The monoisotopic (exact) mass is 403 g/mol. The first-order valence-corrected chi connectivity index (χ1v) is 9.09. The largest absolute Gasteiger partial charge is 0.444 e. The van der Waals surface area contributed by atoms with Gasteiger partial charge in [0.05, 0.1) is 23.9 Å². The summed E-state index contributed by atoms with van der Waals surface area (Å²) < 4.78 is 5.11. The van der Waals surface area contributed by atoms with E-state index in [2.05, 4.69) is 10.3 Å². The Labute approximate surface area is 164 Å². The van der Waals surface area contributed by atoms with Gasteiger partial charge < -0.3 is 14.9 Å². The van der Waals surface area contributed by atoms with Gasteiger partial charge in [0.25, 0.3) is 11.8 Å². The highest BCUT2D eigenvalue weighted by molar-refractivity contribution is 7.13. The molecule has 10 heteroatoms. The normalized spacial score (nSPS) is 13.3. The first-order chi connectivity index (χ1) is 13.2. The molecule has 1 N–H and O–H groups in total. The molecule has 0 fully saturated rings. The molecule has 2 aromatic rings. The number of benzene rings is 1. The molecule has 0 radical (unpaired) electrons. The lowest BCUT2D eigenvalue weighted by Crippen LogP contribution is -2.32. The highest BCUT2D eigenvalue weighted by Gasteiger charge is 2.39. The average molecular weight is 403 g/mol. The smallest absolute Gasteiger partial charge is 0.408 e. The SMILES string of the molecule is CC(C)(C)OC(=O)NCc1ncc(C(=O)ON2C(=O)c3ccccc3C2=O)s1. The summed E-state index contributed by atoms with van der Waals surface area (Å²) in [5.74, 6) is -2.30. The molecule has 1 aliphatic rings. The molecular weight excluding hydrogens is 386 g/mol. The summed E-state index contributed by atoms with van der Waals surface area (Å²) >= 11 is 0.965. The van der Waals surface area contributed by atoms with Gasteiger partial charge in [-0.25, -0.2) is 14.6 Å². The van der Waals surface area contributed by atoms with E-state index in [1.807, 2.05) is 0 Å². The lowest BCUT2D eigenvalue weighted by atomic mass is 10.1. The number of imide groups is 1. The number of nitrogens with one attached hydrogen (secondary N) is 1. The van der Waals surface area contributed by atoms with Crippen LogP contribution in [0.25, 0.3) is 0 Å². The molecular formula is C18H17N3O6S. The fraction of sp³-hybridized carbons (Fsp3) is 0.278. The molecule has 2 heterocycles. The maximum absolute atomic E-state index is 12.3. The van der Waals surface area contributed by atoms with Crippen molar-refractivity contribution in [3.63, 3.8) is 0 Å². The Kier molecular flexibility index (Phi) is 5.14. The molecule has 3 rings (SSSR count). The van der Waals surface area contributed by atoms with E-state index in [9.17, 15) is 19.2 Å². The zero-order valence-electron chi connectivity index (χ0n) is 15.3. The van der Waals surface area contributed by atoms with Crippen LogP contribution in [0.3, 0.4) is 0 Å². The van der Waals surface area contributed by atoms with E-state index in [0.29, 0.717) is 10.1 Å². The Morgan fingerprint density at radius 2 is 1.75 bits per heavy atom. The number of thiazole rings is 1. The molecule has 0 spiro atoms. The van der Waals surface area contributed by atoms with Crippen molar-refractivity contribution in [1.29, 1.82) is 0 Å². The van der Waals surface area contributed by atoms with Crippen molar-refractivity contribution >= 4 is 35.2 Å². The second kappa shape index (κ2) is 7.39. The number of fused-ring (bicyclic) bond motifs is 1. The summed E-state index contributed by atoms with van der Waals surface area (Å²) in [7, 11) is 0. The van der Waals surface area contributed by atoms with Gasteiger partial charge in [-0.2, -0.15) is 0 Å². The van der Waals surface area contributed by atoms with E-state index >= 15 is 0 Å². The Morgan fingerprint density at radius 3 is 2.32 bits per heavy atom. The zero-order chi connectivity index (χ0) is 20.5. The van der Waals surface area contributed by atoms with E-state index in [4.69, 9.17) is 9.57 Å². The molecule has 1 aliphatic heterocycles. The van der Waals surface area contributed by atoms with Crippen LogP contribution in [0.15, 0.2) is 30.5 Å². The van der Waals surface area contributed by atoms with Gasteiger partial charge in [0, 0.05) is 0 Å². The summed E-state index contributed by atoms with van der Waals surface area (Å²) in [4.78, 5) is 57.4. The fourth-order valence-corrected chi connectivity index (χ4v) is 3.06. The molecule has 0 unspecified atom stereocenters. The Bertz CT molecular complexity index is 927. The minimum atomic E-state index is -0.893. The number of aromatic nitrogens is 1. The summed E-state index contributed by atoms with van der Waals surface area (Å²) in [6, 6.07) is 6.19. The number of carbonyl (C=O) groups is 4. The second-order valence-corrected chi connectivity index (χ2v) is 7.92. The number of amides is 3. The summed E-state index contributed by atoms with van der Waals surface area (Å²) in [5, 5.41) is 3.39. The maximum Gasteiger partial charge on any atom is 0.408 e. The average Bonchev–Trinajstić information content (AvgIpc) is 3.18. The van der Waals surface area contributed by atoms with Crippen LogP contribution < -0.4 is 5.32 Å². The predicted molar refractivity (Wildman–Crippen MR) is 97.5 cm³/mol. The van der Waals surface area contributed by atoms with Crippen LogP contribution in [0, 0.1) is 0 Å². The standard InChI is InChI=1S/C18H17N3O6S/c1-18(2,3)26-17(25)20-9-13-19-8-12(28-13)16(24)27-21-14(22)10-6-4-5-7-11(10)15(21)23/h4-8H,9H2,1-3H3,(H,20,25). The van der Waals surface area contributed by atoms with E-state index in [0.717, 1.165) is 11.3 Å². The minimum absolute atomic E-state index is 0.0554. The Morgan fingerprint density at radius 1 is 1.14 bits per heavy atom. The van der Waals surface area contributed by atoms with Crippen LogP contribution in [-0.4, -0.2) is 39.5 Å². The van der Waals surface area contributed by atoms with Crippen LogP contribution in [0.1, 0.15) is 56.2 Å². The first-order valence-electron chi connectivity index (χ1n) is 8.27. The third-order valence-electron chi connectivity index (χ3n) is 3.47. The molecule has 0 saturated carbocycles. The van der Waals surface area contributed by atoms with Crippen molar-refractivity contribution in [3.8, 4) is 0 Å². The predicted octanol–water partition coefficient (Wildman–Crippen LogP) is 2.54. The molecule has 9 nitrogen and oxygen atoms in total. The Balaban J connectivity index is 1.60. The number of ether oxygens (including phenoxy) is 1. The molecule has 1 aromatic carbocycles. The highest BCUT2D eigenvalue weighted by atomic mass is 32.1. The van der Waals surface area contributed by atoms with Crippen LogP contribution >= 0.6 is 11.3 Å². The maximum atomic E-state index is 12.3. The van der Waals surface area contributed by atoms with Gasteiger partial charge in [-0.1, -0.05) is 17.2 Å². The van der Waals surface area contributed by atoms with E-state index in [-0.39, 0.29) is 22.5 Å². The lowest BCUT2D eigenvalue weighted by Gasteiger charge is -2.19. The van der Waals surface area contributed by atoms with Gasteiger partial charge in [0.2, 0.25) is 0 Å². The Hall–Kier alpha value is -3.27. The van der Waals surface area contributed by atoms with Crippen LogP contribution in [0.4, 0.5) is 4.79 Å². The van der Waals surface area contributed by atoms with Gasteiger partial charge >= 0.3 is 12.1 Å². The molecule has 0 bridgehead atoms. The third kappa shape index (κ3) is 4.17. The molecule has 0 aliphatic carbocycles. The van der Waals surface area contributed by atoms with Crippen molar-refractivity contribution in [2.24, 2.45) is 0 Å². The lowest BCUT2D eigenvalue weighted by molar-refractivity contribution is -0.0581. The van der Waals surface area contributed by atoms with Gasteiger partial charge in [0.15, 0.2) is 0 Å². The molecule has 28 heavy (non-hydrogen) atoms. The summed E-state index contributed by atoms with van der Waals surface area (Å²) in [5.41, 5.74) is -0.285. The van der Waals surface area contributed by atoms with Crippen molar-refractivity contribution in [1.82, 2.24) is 15.4 Å². The van der Waals surface area contributed by atoms with Gasteiger partial charge in [0.1, 0.15) is 15.5 Å². The van der Waals surface area contributed by atoms with Crippen molar-refractivity contribution < 1.29 is 28.8 Å². The molecule has 3 amide bonds. The van der Waals surface area contributed by atoms with E-state index in [1.54, 1.807) is 32.9 Å². The van der Waals surface area contributed by atoms with Gasteiger partial charge in [-0.05, 0) is 32.9 Å². The number of carbonyl (C=O) groups excluding carboxylic acids is 4. The molecule has 0 atom stereocenters. The fourth-order valence-electron chi connectivity index (χ4n) is 2.33. The summed E-state index contributed by atoms with van der Waals surface area (Å²) in [6.07, 6.45) is 0.634. The number of hydrogen-bond acceptors (Lipinski definition) is 8. The van der Waals surface area contributed by atoms with Crippen molar-refractivity contribution in [3.05, 3.63) is 51.5 Å². The zero-order valence-corrected chi connectivity index (χ0v) is 16.2. The molecule has 146 valence electrons.